The minimum absolute atomic E-state index is 0.312. The first-order valence-electron chi connectivity index (χ1n) is 10.0. The van der Waals surface area contributed by atoms with Crippen LogP contribution in [0.2, 0.25) is 5.15 Å². The highest BCUT2D eigenvalue weighted by Crippen LogP contribution is 2.31. The summed E-state index contributed by atoms with van der Waals surface area (Å²) in [5, 5.41) is 1.49. The van der Waals surface area contributed by atoms with Gasteiger partial charge in [0.1, 0.15) is 10.8 Å². The predicted molar refractivity (Wildman–Crippen MR) is 115 cm³/mol. The number of hydrogen-bond donors (Lipinski definition) is 2. The monoisotopic (exact) mass is 398 g/mol. The van der Waals surface area contributed by atoms with E-state index in [-0.39, 0.29) is 0 Å². The maximum atomic E-state index is 6.44. The topological polar surface area (TPSA) is 83.7 Å². The molecule has 0 spiro atoms. The van der Waals surface area contributed by atoms with E-state index in [4.69, 9.17) is 22.3 Å². The minimum atomic E-state index is 0.312. The number of aromatic amines is 1. The lowest BCUT2D eigenvalue weighted by molar-refractivity contribution is 0.364. The molecule has 3 heterocycles. The van der Waals surface area contributed by atoms with Gasteiger partial charge in [0, 0.05) is 48.0 Å². The second-order valence-electron chi connectivity index (χ2n) is 8.09. The Bertz CT molecular complexity index is 945. The van der Waals surface area contributed by atoms with Crippen molar-refractivity contribution in [2.45, 2.75) is 51.6 Å². The van der Waals surface area contributed by atoms with Crippen LogP contribution in [-0.2, 0) is 0 Å². The van der Waals surface area contributed by atoms with Gasteiger partial charge in [-0.3, -0.25) is 0 Å². The van der Waals surface area contributed by atoms with Crippen LogP contribution in [0.3, 0.4) is 0 Å². The first kappa shape index (κ1) is 19.2. The molecule has 1 aliphatic carbocycles. The second-order valence-corrected chi connectivity index (χ2v) is 8.48. The van der Waals surface area contributed by atoms with Crippen molar-refractivity contribution in [2.75, 3.05) is 11.4 Å². The van der Waals surface area contributed by atoms with Crippen LogP contribution >= 0.6 is 11.6 Å². The van der Waals surface area contributed by atoms with Crippen LogP contribution in [-0.4, -0.2) is 38.6 Å². The van der Waals surface area contributed by atoms with Gasteiger partial charge >= 0.3 is 0 Å². The first-order valence-corrected chi connectivity index (χ1v) is 10.4. The lowest BCUT2D eigenvalue weighted by Gasteiger charge is -2.37. The SMILES string of the molecule is CC(C)CN(c1nc(Cl)cc(-c2c[nH]c3ncccc23)n1)C1CCC(N)CC1. The molecule has 3 aromatic rings. The van der Waals surface area contributed by atoms with E-state index in [2.05, 4.69) is 33.7 Å². The molecule has 1 saturated carbocycles. The van der Waals surface area contributed by atoms with Crippen molar-refractivity contribution < 1.29 is 0 Å². The number of nitrogens with two attached hydrogens (primary N) is 1. The Morgan fingerprint density at radius 1 is 1.25 bits per heavy atom. The van der Waals surface area contributed by atoms with Gasteiger partial charge in [-0.1, -0.05) is 25.4 Å². The van der Waals surface area contributed by atoms with Gasteiger partial charge in [-0.15, -0.1) is 0 Å². The molecule has 3 N–H and O–H groups in total. The minimum Gasteiger partial charge on any atom is -0.345 e. The number of hydrogen-bond acceptors (Lipinski definition) is 5. The van der Waals surface area contributed by atoms with E-state index in [1.807, 2.05) is 24.4 Å². The summed E-state index contributed by atoms with van der Waals surface area (Å²) < 4.78 is 0. The van der Waals surface area contributed by atoms with Crippen molar-refractivity contribution in [1.29, 1.82) is 0 Å². The van der Waals surface area contributed by atoms with Crippen LogP contribution in [0.1, 0.15) is 39.5 Å². The summed E-state index contributed by atoms with van der Waals surface area (Å²) in [7, 11) is 0. The molecule has 7 heteroatoms. The van der Waals surface area contributed by atoms with Gasteiger partial charge in [0.2, 0.25) is 5.95 Å². The van der Waals surface area contributed by atoms with E-state index in [0.29, 0.717) is 29.1 Å². The van der Waals surface area contributed by atoms with E-state index in [0.717, 1.165) is 54.5 Å². The molecular weight excluding hydrogens is 372 g/mol. The maximum absolute atomic E-state index is 6.44. The third-order valence-corrected chi connectivity index (χ3v) is 5.60. The predicted octanol–water partition coefficient (Wildman–Crippen LogP) is 4.41. The lowest BCUT2D eigenvalue weighted by Crippen LogP contribution is -2.43. The summed E-state index contributed by atoms with van der Waals surface area (Å²) in [6.45, 7) is 5.34. The fraction of sp³-hybridized carbons (Fsp3) is 0.476. The summed E-state index contributed by atoms with van der Waals surface area (Å²) in [6.07, 6.45) is 7.93. The van der Waals surface area contributed by atoms with E-state index in [1.54, 1.807) is 6.20 Å². The van der Waals surface area contributed by atoms with Gasteiger partial charge < -0.3 is 15.6 Å². The van der Waals surface area contributed by atoms with Crippen molar-refractivity contribution in [3.05, 3.63) is 35.7 Å². The Morgan fingerprint density at radius 2 is 2.04 bits per heavy atom. The molecule has 3 aromatic heterocycles. The summed E-state index contributed by atoms with van der Waals surface area (Å²) in [5.41, 5.74) is 8.77. The van der Waals surface area contributed by atoms with Crippen LogP contribution in [0, 0.1) is 5.92 Å². The highest BCUT2D eigenvalue weighted by Gasteiger charge is 2.27. The van der Waals surface area contributed by atoms with Gasteiger partial charge in [0.25, 0.3) is 0 Å². The third kappa shape index (κ3) is 3.98. The fourth-order valence-corrected chi connectivity index (χ4v) is 4.22. The summed E-state index contributed by atoms with van der Waals surface area (Å²) in [6, 6.07) is 6.51. The van der Waals surface area contributed by atoms with Crippen LogP contribution < -0.4 is 10.6 Å². The van der Waals surface area contributed by atoms with Crippen molar-refractivity contribution in [1.82, 2.24) is 19.9 Å². The molecule has 0 atom stereocenters. The van der Waals surface area contributed by atoms with Gasteiger partial charge in [-0.2, -0.15) is 0 Å². The summed E-state index contributed by atoms with van der Waals surface area (Å²) >= 11 is 6.44. The molecule has 0 saturated heterocycles. The second kappa shape index (κ2) is 8.05. The Kier molecular flexibility index (Phi) is 5.51. The Labute approximate surface area is 170 Å². The molecule has 1 aliphatic rings. The molecule has 0 amide bonds. The number of fused-ring (bicyclic) bond motifs is 1. The van der Waals surface area contributed by atoms with Gasteiger partial charge in [0.15, 0.2) is 0 Å². The zero-order chi connectivity index (χ0) is 19.7. The average Bonchev–Trinajstić information content (AvgIpc) is 3.10. The number of halogens is 1. The molecule has 0 unspecified atom stereocenters. The van der Waals surface area contributed by atoms with Gasteiger partial charge in [-0.05, 0) is 43.7 Å². The summed E-state index contributed by atoms with van der Waals surface area (Å²) in [4.78, 5) is 19.4. The zero-order valence-corrected chi connectivity index (χ0v) is 17.2. The number of nitrogens with one attached hydrogen (secondary N) is 1. The van der Waals surface area contributed by atoms with E-state index in [9.17, 15) is 0 Å². The lowest BCUT2D eigenvalue weighted by atomic mass is 9.90. The maximum Gasteiger partial charge on any atom is 0.227 e. The molecule has 4 rings (SSSR count). The molecule has 0 aromatic carbocycles. The number of nitrogens with zero attached hydrogens (tertiary/aromatic N) is 4. The molecule has 28 heavy (non-hydrogen) atoms. The van der Waals surface area contributed by atoms with Crippen LogP contribution in [0.4, 0.5) is 5.95 Å². The quantitative estimate of drug-likeness (QED) is 0.622. The van der Waals surface area contributed by atoms with Gasteiger partial charge in [-0.25, -0.2) is 15.0 Å². The van der Waals surface area contributed by atoms with E-state index in [1.165, 1.54) is 0 Å². The number of aromatic nitrogens is 4. The van der Waals surface area contributed by atoms with E-state index < -0.39 is 0 Å². The van der Waals surface area contributed by atoms with E-state index >= 15 is 0 Å². The fourth-order valence-electron chi connectivity index (χ4n) is 4.04. The Morgan fingerprint density at radius 3 is 2.79 bits per heavy atom. The largest absolute Gasteiger partial charge is 0.345 e. The average molecular weight is 399 g/mol. The molecular formula is C21H27ClN6. The Hall–Kier alpha value is -2.18. The molecule has 0 bridgehead atoms. The van der Waals surface area contributed by atoms with Crippen molar-refractivity contribution in [3.63, 3.8) is 0 Å². The third-order valence-electron chi connectivity index (χ3n) is 5.41. The van der Waals surface area contributed by atoms with Gasteiger partial charge in [0.05, 0.1) is 5.69 Å². The normalized spacial score (nSPS) is 20.0. The van der Waals surface area contributed by atoms with Crippen molar-refractivity contribution in [3.8, 4) is 11.3 Å². The standard InChI is InChI=1S/C21H27ClN6/c1-13(2)12-28(15-7-5-14(23)6-8-15)21-26-18(10-19(22)27-21)17-11-25-20-16(17)4-3-9-24-20/h3-4,9-11,13-15H,5-8,12,23H2,1-2H3,(H,24,25). The Balaban J connectivity index is 1.73. The van der Waals surface area contributed by atoms with Crippen molar-refractivity contribution in [2.24, 2.45) is 11.7 Å². The molecule has 148 valence electrons. The van der Waals surface area contributed by atoms with Crippen molar-refractivity contribution >= 4 is 28.6 Å². The molecule has 1 fully saturated rings. The number of H-pyrrole nitrogens is 1. The molecule has 0 radical (unpaired) electrons. The number of rotatable bonds is 5. The zero-order valence-electron chi connectivity index (χ0n) is 16.4. The molecule has 0 aliphatic heterocycles. The molecule has 6 nitrogen and oxygen atoms in total. The van der Waals surface area contributed by atoms with Crippen LogP contribution in [0.25, 0.3) is 22.3 Å². The summed E-state index contributed by atoms with van der Waals surface area (Å²) in [5.74, 6) is 1.20. The number of pyridine rings is 1. The first-order chi connectivity index (χ1) is 13.5. The van der Waals surface area contributed by atoms with Crippen LogP contribution in [0.5, 0.6) is 0 Å². The smallest absolute Gasteiger partial charge is 0.227 e. The highest BCUT2D eigenvalue weighted by molar-refractivity contribution is 6.29. The highest BCUT2D eigenvalue weighted by atomic mass is 35.5. The van der Waals surface area contributed by atoms with Crippen LogP contribution in [0.15, 0.2) is 30.6 Å². The number of anilines is 1.